The second-order valence-electron chi connectivity index (χ2n) is 4.92. The topological polar surface area (TPSA) is 0 Å². The lowest BCUT2D eigenvalue weighted by molar-refractivity contribution is 0.0975. The van der Waals surface area contributed by atoms with E-state index in [4.69, 9.17) is 0 Å². The summed E-state index contributed by atoms with van der Waals surface area (Å²) in [6.45, 7) is 2.40. The summed E-state index contributed by atoms with van der Waals surface area (Å²) in [5, 5.41) is 0. The molecule has 0 saturated heterocycles. The van der Waals surface area contributed by atoms with Gasteiger partial charge < -0.3 is 0 Å². The number of rotatable bonds is 1. The molecule has 1 unspecified atom stereocenters. The van der Waals surface area contributed by atoms with Crippen LogP contribution in [0.15, 0.2) is 0 Å². The first-order valence-corrected chi connectivity index (χ1v) is 5.87. The molecule has 0 aromatic heterocycles. The van der Waals surface area contributed by atoms with Crippen LogP contribution in [-0.4, -0.2) is 0 Å². The minimum Gasteiger partial charge on any atom is -0.0651 e. The molecule has 0 aromatic carbocycles. The van der Waals surface area contributed by atoms with Crippen LogP contribution in [0.2, 0.25) is 0 Å². The predicted octanol–water partition coefficient (Wildman–Crippen LogP) is 4.15. The minimum absolute atomic E-state index is 0.840. The third-order valence-electron chi connectivity index (χ3n) is 4.44. The van der Waals surface area contributed by atoms with Gasteiger partial charge in [0.05, 0.1) is 0 Å². The SMILES string of the molecule is CCC1CCCCC12CCCC2. The van der Waals surface area contributed by atoms with Gasteiger partial charge in [0.2, 0.25) is 0 Å². The van der Waals surface area contributed by atoms with E-state index in [-0.39, 0.29) is 0 Å². The summed E-state index contributed by atoms with van der Waals surface area (Å²) in [5.41, 5.74) is 0.840. The average Bonchev–Trinajstić information content (AvgIpc) is 2.55. The molecule has 0 heteroatoms. The molecule has 2 aliphatic carbocycles. The van der Waals surface area contributed by atoms with Gasteiger partial charge in [-0.3, -0.25) is 0 Å². The van der Waals surface area contributed by atoms with Crippen LogP contribution in [0.5, 0.6) is 0 Å². The predicted molar refractivity (Wildman–Crippen MR) is 53.2 cm³/mol. The molecular weight excluding hydrogens is 144 g/mol. The molecule has 0 heterocycles. The van der Waals surface area contributed by atoms with E-state index in [0.717, 1.165) is 11.3 Å². The van der Waals surface area contributed by atoms with E-state index < -0.39 is 0 Å². The van der Waals surface area contributed by atoms with E-state index in [1.165, 1.54) is 38.5 Å². The average molecular weight is 166 g/mol. The number of hydrogen-bond donors (Lipinski definition) is 0. The highest BCUT2D eigenvalue weighted by atomic mass is 14.5. The molecule has 0 aromatic rings. The zero-order valence-corrected chi connectivity index (χ0v) is 8.44. The molecule has 0 amide bonds. The van der Waals surface area contributed by atoms with Crippen molar-refractivity contribution in [3.05, 3.63) is 0 Å². The van der Waals surface area contributed by atoms with Crippen LogP contribution in [0, 0.1) is 11.3 Å². The Morgan fingerprint density at radius 2 is 1.58 bits per heavy atom. The lowest BCUT2D eigenvalue weighted by atomic mass is 9.64. The molecule has 1 spiro atoms. The Morgan fingerprint density at radius 3 is 2.17 bits per heavy atom. The fourth-order valence-electron chi connectivity index (χ4n) is 3.75. The van der Waals surface area contributed by atoms with Crippen LogP contribution >= 0.6 is 0 Å². The first-order chi connectivity index (χ1) is 5.87. The van der Waals surface area contributed by atoms with Crippen molar-refractivity contribution in [1.29, 1.82) is 0 Å². The van der Waals surface area contributed by atoms with Crippen molar-refractivity contribution in [2.75, 3.05) is 0 Å². The van der Waals surface area contributed by atoms with Gasteiger partial charge in [0.15, 0.2) is 0 Å². The first-order valence-electron chi connectivity index (χ1n) is 5.87. The van der Waals surface area contributed by atoms with Crippen LogP contribution in [0.4, 0.5) is 0 Å². The summed E-state index contributed by atoms with van der Waals surface area (Å²) in [5.74, 6) is 1.09. The van der Waals surface area contributed by atoms with E-state index in [1.807, 2.05) is 0 Å². The van der Waals surface area contributed by atoms with Gasteiger partial charge in [-0.25, -0.2) is 0 Å². The second kappa shape index (κ2) is 3.40. The quantitative estimate of drug-likeness (QED) is 0.549. The van der Waals surface area contributed by atoms with Gasteiger partial charge in [0.25, 0.3) is 0 Å². The number of hydrogen-bond acceptors (Lipinski definition) is 0. The van der Waals surface area contributed by atoms with Gasteiger partial charge in [-0.2, -0.15) is 0 Å². The van der Waals surface area contributed by atoms with Gasteiger partial charge in [-0.05, 0) is 37.0 Å². The van der Waals surface area contributed by atoms with E-state index in [0.29, 0.717) is 0 Å². The molecule has 2 fully saturated rings. The third-order valence-corrected chi connectivity index (χ3v) is 4.44. The lowest BCUT2D eigenvalue weighted by Gasteiger charge is -2.41. The van der Waals surface area contributed by atoms with Crippen LogP contribution in [0.3, 0.4) is 0 Å². The molecule has 0 N–H and O–H groups in total. The summed E-state index contributed by atoms with van der Waals surface area (Å²) in [6, 6.07) is 0. The Morgan fingerprint density at radius 1 is 1.00 bits per heavy atom. The Hall–Kier alpha value is 0. The van der Waals surface area contributed by atoms with Crippen molar-refractivity contribution in [3.8, 4) is 0 Å². The van der Waals surface area contributed by atoms with Crippen molar-refractivity contribution in [3.63, 3.8) is 0 Å². The Bertz CT molecular complexity index is 142. The summed E-state index contributed by atoms with van der Waals surface area (Å²) in [7, 11) is 0. The van der Waals surface area contributed by atoms with Gasteiger partial charge in [-0.1, -0.05) is 39.0 Å². The lowest BCUT2D eigenvalue weighted by Crippen LogP contribution is -2.30. The van der Waals surface area contributed by atoms with E-state index >= 15 is 0 Å². The largest absolute Gasteiger partial charge is 0.0651 e. The zero-order valence-electron chi connectivity index (χ0n) is 8.44. The van der Waals surface area contributed by atoms with Gasteiger partial charge in [0, 0.05) is 0 Å². The van der Waals surface area contributed by atoms with Crippen molar-refractivity contribution in [2.24, 2.45) is 11.3 Å². The monoisotopic (exact) mass is 166 g/mol. The highest BCUT2D eigenvalue weighted by Gasteiger charge is 2.41. The maximum Gasteiger partial charge on any atom is -0.0269 e. The molecule has 2 aliphatic rings. The fraction of sp³-hybridized carbons (Fsp3) is 1.00. The Labute approximate surface area is 76.7 Å². The van der Waals surface area contributed by atoms with Gasteiger partial charge in [-0.15, -0.1) is 0 Å². The van der Waals surface area contributed by atoms with Crippen molar-refractivity contribution in [2.45, 2.75) is 64.7 Å². The van der Waals surface area contributed by atoms with E-state index in [9.17, 15) is 0 Å². The molecule has 2 rings (SSSR count). The first kappa shape index (κ1) is 8.59. The van der Waals surface area contributed by atoms with Crippen LogP contribution in [0.25, 0.3) is 0 Å². The maximum absolute atomic E-state index is 2.40. The Balaban J connectivity index is 2.07. The van der Waals surface area contributed by atoms with Crippen molar-refractivity contribution in [1.82, 2.24) is 0 Å². The van der Waals surface area contributed by atoms with E-state index in [2.05, 4.69) is 6.92 Å². The van der Waals surface area contributed by atoms with Crippen LogP contribution < -0.4 is 0 Å². The van der Waals surface area contributed by atoms with Crippen molar-refractivity contribution >= 4 is 0 Å². The highest BCUT2D eigenvalue weighted by Crippen LogP contribution is 2.53. The highest BCUT2D eigenvalue weighted by molar-refractivity contribution is 4.92. The molecule has 0 radical (unpaired) electrons. The summed E-state index contributed by atoms with van der Waals surface area (Å²) in [4.78, 5) is 0. The summed E-state index contributed by atoms with van der Waals surface area (Å²) in [6.07, 6.45) is 13.8. The fourth-order valence-corrected chi connectivity index (χ4v) is 3.75. The van der Waals surface area contributed by atoms with Gasteiger partial charge in [0.1, 0.15) is 0 Å². The molecule has 12 heavy (non-hydrogen) atoms. The molecule has 0 bridgehead atoms. The molecule has 2 saturated carbocycles. The maximum atomic E-state index is 2.40. The molecular formula is C12H22. The minimum atomic E-state index is 0.840. The summed E-state index contributed by atoms with van der Waals surface area (Å²) < 4.78 is 0. The zero-order chi connectivity index (χ0) is 8.44. The standard InChI is InChI=1S/C12H22/c1-2-11-7-3-4-8-12(11)9-5-6-10-12/h11H,2-10H2,1H3. The molecule has 70 valence electrons. The van der Waals surface area contributed by atoms with E-state index in [1.54, 1.807) is 19.3 Å². The summed E-state index contributed by atoms with van der Waals surface area (Å²) >= 11 is 0. The van der Waals surface area contributed by atoms with Crippen molar-refractivity contribution < 1.29 is 0 Å². The molecule has 1 atom stereocenters. The van der Waals surface area contributed by atoms with Crippen LogP contribution in [0.1, 0.15) is 64.7 Å². The Kier molecular flexibility index (Phi) is 2.43. The molecule has 0 aliphatic heterocycles. The second-order valence-corrected chi connectivity index (χ2v) is 4.92. The smallest absolute Gasteiger partial charge is 0.0269 e. The van der Waals surface area contributed by atoms with Gasteiger partial charge >= 0.3 is 0 Å². The molecule has 0 nitrogen and oxygen atoms in total. The van der Waals surface area contributed by atoms with Crippen LogP contribution in [-0.2, 0) is 0 Å². The normalized spacial score (nSPS) is 34.2. The third kappa shape index (κ3) is 1.30.